The molecule has 0 unspecified atom stereocenters. The Kier molecular flexibility index (Phi) is 5.34. The number of hydrogen-bond donors (Lipinski definition) is 0. The van der Waals surface area contributed by atoms with Gasteiger partial charge in [0.25, 0.3) is 0 Å². The molecule has 22 heavy (non-hydrogen) atoms. The zero-order chi connectivity index (χ0) is 17.1. The summed E-state index contributed by atoms with van der Waals surface area (Å²) < 4.78 is 0. The largest absolute Gasteiger partial charge is 0.341 e. The Morgan fingerprint density at radius 1 is 1.09 bits per heavy atom. The van der Waals surface area contributed by atoms with Crippen molar-refractivity contribution in [2.24, 2.45) is 10.8 Å². The van der Waals surface area contributed by atoms with Gasteiger partial charge in [0.05, 0.1) is 5.41 Å². The summed E-state index contributed by atoms with van der Waals surface area (Å²) in [6, 6.07) is 7.93. The molecule has 0 atom stereocenters. The van der Waals surface area contributed by atoms with E-state index in [-0.39, 0.29) is 11.7 Å². The lowest BCUT2D eigenvalue weighted by Crippen LogP contribution is -2.49. The molecule has 1 rings (SSSR count). The van der Waals surface area contributed by atoms with Crippen LogP contribution in [0.15, 0.2) is 30.8 Å². The van der Waals surface area contributed by atoms with Crippen LogP contribution in [0.25, 0.3) is 6.08 Å². The first-order valence-corrected chi connectivity index (χ1v) is 7.52. The molecule has 1 aromatic rings. The Hall–Kier alpha value is -1.90. The van der Waals surface area contributed by atoms with Gasteiger partial charge in [-0.3, -0.25) is 9.59 Å². The van der Waals surface area contributed by atoms with E-state index in [1.165, 1.54) is 0 Å². The van der Waals surface area contributed by atoms with Crippen molar-refractivity contribution in [3.63, 3.8) is 0 Å². The Morgan fingerprint density at radius 2 is 1.59 bits per heavy atom. The highest BCUT2D eigenvalue weighted by Gasteiger charge is 2.47. The standard InChI is InChI=1S/C19H27NO2/c1-8-15-9-11-16(12-10-15)13-20(7)17(22)19(5,6)18(3,4)14(2)21/h8-12H,1,13H2,2-7H3. The summed E-state index contributed by atoms with van der Waals surface area (Å²) in [6.45, 7) is 13.1. The van der Waals surface area contributed by atoms with Crippen molar-refractivity contribution in [1.29, 1.82) is 0 Å². The van der Waals surface area contributed by atoms with Gasteiger partial charge in [-0.2, -0.15) is 0 Å². The van der Waals surface area contributed by atoms with E-state index in [0.717, 1.165) is 11.1 Å². The number of carbonyl (C=O) groups excluding carboxylic acids is 2. The third-order valence-corrected chi connectivity index (χ3v) is 4.96. The van der Waals surface area contributed by atoms with Gasteiger partial charge in [-0.25, -0.2) is 0 Å². The molecule has 0 saturated heterocycles. The fourth-order valence-electron chi connectivity index (χ4n) is 2.29. The van der Waals surface area contributed by atoms with Gasteiger partial charge in [0.15, 0.2) is 0 Å². The first-order valence-electron chi connectivity index (χ1n) is 7.52. The van der Waals surface area contributed by atoms with Crippen molar-refractivity contribution in [3.05, 3.63) is 42.0 Å². The van der Waals surface area contributed by atoms with E-state index >= 15 is 0 Å². The van der Waals surface area contributed by atoms with E-state index < -0.39 is 10.8 Å². The van der Waals surface area contributed by atoms with Crippen molar-refractivity contribution in [2.75, 3.05) is 7.05 Å². The third kappa shape index (κ3) is 3.46. The lowest BCUT2D eigenvalue weighted by atomic mass is 9.65. The fourth-order valence-corrected chi connectivity index (χ4v) is 2.29. The number of hydrogen-bond acceptors (Lipinski definition) is 2. The second-order valence-corrected chi connectivity index (χ2v) is 6.91. The van der Waals surface area contributed by atoms with E-state index in [0.29, 0.717) is 6.54 Å². The van der Waals surface area contributed by atoms with Crippen molar-refractivity contribution < 1.29 is 9.59 Å². The van der Waals surface area contributed by atoms with Gasteiger partial charge in [0.2, 0.25) is 5.91 Å². The summed E-state index contributed by atoms with van der Waals surface area (Å²) in [4.78, 5) is 26.4. The molecule has 0 fully saturated rings. The summed E-state index contributed by atoms with van der Waals surface area (Å²) in [7, 11) is 1.78. The maximum atomic E-state index is 12.8. The highest BCUT2D eigenvalue weighted by Crippen LogP contribution is 2.40. The topological polar surface area (TPSA) is 37.4 Å². The maximum absolute atomic E-state index is 12.8. The molecule has 0 aliphatic rings. The van der Waals surface area contributed by atoms with E-state index in [1.807, 2.05) is 52.0 Å². The number of ketones is 1. The average molecular weight is 301 g/mol. The predicted octanol–water partition coefficient (Wildman–Crippen LogP) is 3.93. The second-order valence-electron chi connectivity index (χ2n) is 6.91. The molecule has 1 aromatic carbocycles. The van der Waals surface area contributed by atoms with Gasteiger partial charge < -0.3 is 4.90 Å². The van der Waals surface area contributed by atoms with Gasteiger partial charge >= 0.3 is 0 Å². The fraction of sp³-hybridized carbons (Fsp3) is 0.474. The second kappa shape index (κ2) is 6.47. The minimum Gasteiger partial charge on any atom is -0.341 e. The smallest absolute Gasteiger partial charge is 0.229 e. The zero-order valence-corrected chi connectivity index (χ0v) is 14.6. The van der Waals surface area contributed by atoms with E-state index in [2.05, 4.69) is 6.58 Å². The van der Waals surface area contributed by atoms with Crippen LogP contribution in [0.4, 0.5) is 0 Å². The number of rotatable bonds is 6. The molecule has 1 amide bonds. The highest BCUT2D eigenvalue weighted by atomic mass is 16.2. The number of nitrogens with zero attached hydrogens (tertiary/aromatic N) is 1. The van der Waals surface area contributed by atoms with Crippen LogP contribution in [0.3, 0.4) is 0 Å². The third-order valence-electron chi connectivity index (χ3n) is 4.96. The van der Waals surface area contributed by atoms with E-state index in [4.69, 9.17) is 0 Å². The monoisotopic (exact) mass is 301 g/mol. The number of Topliss-reactive ketones (excluding diaryl/α,β-unsaturated/α-hetero) is 1. The van der Waals surface area contributed by atoms with Crippen molar-refractivity contribution in [3.8, 4) is 0 Å². The van der Waals surface area contributed by atoms with Crippen LogP contribution in [0.5, 0.6) is 0 Å². The number of amides is 1. The lowest BCUT2D eigenvalue weighted by molar-refractivity contribution is -0.152. The molecule has 3 nitrogen and oxygen atoms in total. The zero-order valence-electron chi connectivity index (χ0n) is 14.6. The molecule has 0 aliphatic carbocycles. The predicted molar refractivity (Wildman–Crippen MR) is 91.3 cm³/mol. The molecule has 0 aliphatic heterocycles. The molecule has 0 aromatic heterocycles. The molecule has 0 heterocycles. The summed E-state index contributed by atoms with van der Waals surface area (Å²) >= 11 is 0. The first kappa shape index (κ1) is 18.1. The van der Waals surface area contributed by atoms with Gasteiger partial charge in [0, 0.05) is 19.0 Å². The van der Waals surface area contributed by atoms with Gasteiger partial charge in [0.1, 0.15) is 5.78 Å². The van der Waals surface area contributed by atoms with Gasteiger partial charge in [-0.1, -0.05) is 64.6 Å². The molecular formula is C19H27NO2. The normalized spacial score (nSPS) is 11.9. The molecule has 0 spiro atoms. The molecule has 0 bridgehead atoms. The Bertz CT molecular complexity index is 568. The Morgan fingerprint density at radius 3 is 2.00 bits per heavy atom. The summed E-state index contributed by atoms with van der Waals surface area (Å²) in [5, 5.41) is 0. The van der Waals surface area contributed by atoms with E-state index in [9.17, 15) is 9.59 Å². The lowest BCUT2D eigenvalue weighted by Gasteiger charge is -2.40. The number of benzene rings is 1. The van der Waals surface area contributed by atoms with Crippen LogP contribution in [0.2, 0.25) is 0 Å². The Balaban J connectivity index is 2.92. The minimum absolute atomic E-state index is 0.0228. The van der Waals surface area contributed by atoms with E-state index in [1.54, 1.807) is 24.9 Å². The van der Waals surface area contributed by atoms with Gasteiger partial charge in [-0.05, 0) is 18.1 Å². The molecular weight excluding hydrogens is 274 g/mol. The number of carbonyl (C=O) groups is 2. The summed E-state index contributed by atoms with van der Waals surface area (Å²) in [6.07, 6.45) is 1.79. The van der Waals surface area contributed by atoms with Crippen LogP contribution in [-0.2, 0) is 16.1 Å². The Labute approximate surface area is 134 Å². The SMILES string of the molecule is C=Cc1ccc(CN(C)C(=O)C(C)(C)C(C)(C)C(C)=O)cc1. The van der Waals surface area contributed by atoms with Crippen molar-refractivity contribution >= 4 is 17.8 Å². The van der Waals surface area contributed by atoms with Crippen LogP contribution in [0.1, 0.15) is 45.7 Å². The van der Waals surface area contributed by atoms with Gasteiger partial charge in [-0.15, -0.1) is 0 Å². The van der Waals surface area contributed by atoms with Crippen molar-refractivity contribution in [1.82, 2.24) is 4.90 Å². The molecule has 0 N–H and O–H groups in total. The molecule has 3 heteroatoms. The van der Waals surface area contributed by atoms with Crippen molar-refractivity contribution in [2.45, 2.75) is 41.2 Å². The average Bonchev–Trinajstić information content (AvgIpc) is 2.46. The van der Waals surface area contributed by atoms with Crippen LogP contribution < -0.4 is 0 Å². The molecule has 120 valence electrons. The maximum Gasteiger partial charge on any atom is 0.229 e. The first-order chi connectivity index (χ1) is 10.0. The van der Waals surface area contributed by atoms with Crippen LogP contribution in [-0.4, -0.2) is 23.6 Å². The van der Waals surface area contributed by atoms with Crippen LogP contribution >= 0.6 is 0 Å². The minimum atomic E-state index is -0.755. The quantitative estimate of drug-likeness (QED) is 0.798. The summed E-state index contributed by atoms with van der Waals surface area (Å²) in [5.74, 6) is -0.00455. The highest BCUT2D eigenvalue weighted by molar-refractivity contribution is 5.92. The molecule has 0 radical (unpaired) electrons. The molecule has 0 saturated carbocycles. The van der Waals surface area contributed by atoms with Crippen LogP contribution in [0, 0.1) is 10.8 Å². The summed E-state index contributed by atoms with van der Waals surface area (Å²) in [5.41, 5.74) is 0.647.